The highest BCUT2D eigenvalue weighted by Gasteiger charge is 2.19. The lowest BCUT2D eigenvalue weighted by atomic mass is 10.2. The standard InChI is InChI=1S/C18H23N5O/c1-14-12-15(19)5-6-16(14)21-18(24)13-22-8-10-23(11-9-22)17-4-2-3-7-20-17/h2-7,12H,8-11,13,19H2,1H3,(H,21,24). The van der Waals surface area contributed by atoms with Gasteiger partial charge in [0, 0.05) is 43.8 Å². The van der Waals surface area contributed by atoms with Crippen molar-refractivity contribution in [3.05, 3.63) is 48.2 Å². The third-order valence-corrected chi connectivity index (χ3v) is 4.24. The number of nitrogens with zero attached hydrogens (tertiary/aromatic N) is 3. The second-order valence-corrected chi connectivity index (χ2v) is 6.07. The average Bonchev–Trinajstić information content (AvgIpc) is 2.59. The van der Waals surface area contributed by atoms with Crippen molar-refractivity contribution in [2.45, 2.75) is 6.92 Å². The quantitative estimate of drug-likeness (QED) is 0.838. The van der Waals surface area contributed by atoms with E-state index in [1.54, 1.807) is 6.07 Å². The van der Waals surface area contributed by atoms with Gasteiger partial charge in [-0.05, 0) is 42.8 Å². The molecule has 0 radical (unpaired) electrons. The molecule has 6 nitrogen and oxygen atoms in total. The van der Waals surface area contributed by atoms with Gasteiger partial charge in [0.2, 0.25) is 5.91 Å². The number of carbonyl (C=O) groups excluding carboxylic acids is 1. The number of rotatable bonds is 4. The second kappa shape index (κ2) is 7.31. The molecule has 1 saturated heterocycles. The smallest absolute Gasteiger partial charge is 0.238 e. The van der Waals surface area contributed by atoms with Gasteiger partial charge in [-0.25, -0.2) is 4.98 Å². The lowest BCUT2D eigenvalue weighted by Gasteiger charge is -2.34. The Bertz CT molecular complexity index is 696. The fraction of sp³-hybridized carbons (Fsp3) is 0.333. The van der Waals surface area contributed by atoms with Crippen LogP contribution in [-0.4, -0.2) is 48.5 Å². The highest BCUT2D eigenvalue weighted by Crippen LogP contribution is 2.18. The molecule has 2 heterocycles. The van der Waals surface area contributed by atoms with Crippen LogP contribution >= 0.6 is 0 Å². The van der Waals surface area contributed by atoms with E-state index >= 15 is 0 Å². The predicted octanol–water partition coefficient (Wildman–Crippen LogP) is 1.73. The van der Waals surface area contributed by atoms with Gasteiger partial charge in [0.15, 0.2) is 0 Å². The molecule has 1 aliphatic rings. The molecule has 1 aromatic carbocycles. The predicted molar refractivity (Wildman–Crippen MR) is 97.1 cm³/mol. The summed E-state index contributed by atoms with van der Waals surface area (Å²) in [7, 11) is 0. The molecule has 0 saturated carbocycles. The van der Waals surface area contributed by atoms with Crippen molar-refractivity contribution in [1.82, 2.24) is 9.88 Å². The Morgan fingerprint density at radius 2 is 2.00 bits per heavy atom. The number of aryl methyl sites for hydroxylation is 1. The van der Waals surface area contributed by atoms with Gasteiger partial charge < -0.3 is 16.0 Å². The van der Waals surface area contributed by atoms with Crippen molar-refractivity contribution < 1.29 is 4.79 Å². The molecule has 24 heavy (non-hydrogen) atoms. The Labute approximate surface area is 142 Å². The van der Waals surface area contributed by atoms with E-state index in [4.69, 9.17) is 5.73 Å². The molecule has 1 amide bonds. The zero-order chi connectivity index (χ0) is 16.9. The number of hydrogen-bond acceptors (Lipinski definition) is 5. The summed E-state index contributed by atoms with van der Waals surface area (Å²) in [6.07, 6.45) is 1.81. The SMILES string of the molecule is Cc1cc(N)ccc1NC(=O)CN1CCN(c2ccccn2)CC1. The number of carbonyl (C=O) groups is 1. The molecule has 0 atom stereocenters. The lowest BCUT2D eigenvalue weighted by Crippen LogP contribution is -2.48. The molecule has 0 unspecified atom stereocenters. The first-order valence-corrected chi connectivity index (χ1v) is 8.16. The average molecular weight is 325 g/mol. The monoisotopic (exact) mass is 325 g/mol. The van der Waals surface area contributed by atoms with Crippen LogP contribution < -0.4 is 16.0 Å². The van der Waals surface area contributed by atoms with Crippen LogP contribution in [0.2, 0.25) is 0 Å². The molecule has 3 rings (SSSR count). The zero-order valence-electron chi connectivity index (χ0n) is 13.9. The van der Waals surface area contributed by atoms with E-state index in [1.165, 1.54) is 0 Å². The van der Waals surface area contributed by atoms with Crippen LogP contribution in [0.4, 0.5) is 17.2 Å². The third-order valence-electron chi connectivity index (χ3n) is 4.24. The van der Waals surface area contributed by atoms with Crippen LogP contribution in [0.5, 0.6) is 0 Å². The van der Waals surface area contributed by atoms with Crippen LogP contribution in [0.15, 0.2) is 42.6 Å². The molecule has 0 bridgehead atoms. The van der Waals surface area contributed by atoms with E-state index in [2.05, 4.69) is 20.1 Å². The van der Waals surface area contributed by atoms with Crippen molar-refractivity contribution in [2.75, 3.05) is 48.7 Å². The molecular formula is C18H23N5O. The van der Waals surface area contributed by atoms with Crippen LogP contribution in [0.25, 0.3) is 0 Å². The minimum atomic E-state index is 0.00848. The molecule has 0 spiro atoms. The Hall–Kier alpha value is -2.60. The summed E-state index contributed by atoms with van der Waals surface area (Å²) in [6, 6.07) is 11.4. The highest BCUT2D eigenvalue weighted by atomic mass is 16.2. The van der Waals surface area contributed by atoms with Gasteiger partial charge >= 0.3 is 0 Å². The van der Waals surface area contributed by atoms with Gasteiger partial charge in [-0.15, -0.1) is 0 Å². The molecule has 2 aromatic rings. The number of piperazine rings is 1. The van der Waals surface area contributed by atoms with Crippen molar-refractivity contribution in [3.8, 4) is 0 Å². The topological polar surface area (TPSA) is 74.5 Å². The van der Waals surface area contributed by atoms with E-state index in [1.807, 2.05) is 43.5 Å². The summed E-state index contributed by atoms with van der Waals surface area (Å²) < 4.78 is 0. The Balaban J connectivity index is 1.50. The summed E-state index contributed by atoms with van der Waals surface area (Å²) in [4.78, 5) is 21.1. The molecule has 3 N–H and O–H groups in total. The van der Waals surface area contributed by atoms with Crippen molar-refractivity contribution in [2.24, 2.45) is 0 Å². The molecule has 126 valence electrons. The minimum Gasteiger partial charge on any atom is -0.399 e. The fourth-order valence-electron chi connectivity index (χ4n) is 2.90. The Morgan fingerprint density at radius 1 is 1.21 bits per heavy atom. The summed E-state index contributed by atoms with van der Waals surface area (Å²) in [5, 5.41) is 2.97. The van der Waals surface area contributed by atoms with Crippen LogP contribution in [0.3, 0.4) is 0 Å². The maximum Gasteiger partial charge on any atom is 0.238 e. The van der Waals surface area contributed by atoms with Crippen LogP contribution in [0.1, 0.15) is 5.56 Å². The lowest BCUT2D eigenvalue weighted by molar-refractivity contribution is -0.117. The normalized spacial score (nSPS) is 15.3. The van der Waals surface area contributed by atoms with E-state index in [0.29, 0.717) is 12.2 Å². The second-order valence-electron chi connectivity index (χ2n) is 6.07. The molecule has 1 fully saturated rings. The number of nitrogen functional groups attached to an aromatic ring is 1. The number of anilines is 3. The van der Waals surface area contributed by atoms with Gasteiger partial charge in [-0.2, -0.15) is 0 Å². The number of nitrogens with two attached hydrogens (primary N) is 1. The number of pyridine rings is 1. The van der Waals surface area contributed by atoms with E-state index in [-0.39, 0.29) is 5.91 Å². The van der Waals surface area contributed by atoms with Crippen molar-refractivity contribution in [3.63, 3.8) is 0 Å². The highest BCUT2D eigenvalue weighted by molar-refractivity contribution is 5.93. The molecule has 0 aliphatic carbocycles. The maximum absolute atomic E-state index is 12.3. The number of nitrogens with one attached hydrogen (secondary N) is 1. The third kappa shape index (κ3) is 4.02. The molecule has 1 aromatic heterocycles. The van der Waals surface area contributed by atoms with Gasteiger partial charge in [-0.1, -0.05) is 6.07 Å². The van der Waals surface area contributed by atoms with Gasteiger partial charge in [0.1, 0.15) is 5.82 Å². The van der Waals surface area contributed by atoms with E-state index in [0.717, 1.165) is 43.2 Å². The first-order valence-electron chi connectivity index (χ1n) is 8.16. The molecular weight excluding hydrogens is 302 g/mol. The van der Waals surface area contributed by atoms with E-state index in [9.17, 15) is 4.79 Å². The van der Waals surface area contributed by atoms with Gasteiger partial charge in [-0.3, -0.25) is 9.69 Å². The Kier molecular flexibility index (Phi) is 4.96. The number of hydrogen-bond donors (Lipinski definition) is 2. The van der Waals surface area contributed by atoms with Crippen LogP contribution in [-0.2, 0) is 4.79 Å². The van der Waals surface area contributed by atoms with E-state index < -0.39 is 0 Å². The summed E-state index contributed by atoms with van der Waals surface area (Å²) >= 11 is 0. The number of benzene rings is 1. The minimum absolute atomic E-state index is 0.00848. The fourth-order valence-corrected chi connectivity index (χ4v) is 2.90. The first kappa shape index (κ1) is 16.3. The van der Waals surface area contributed by atoms with Crippen molar-refractivity contribution >= 4 is 23.1 Å². The van der Waals surface area contributed by atoms with Gasteiger partial charge in [0.05, 0.1) is 6.54 Å². The first-order chi connectivity index (χ1) is 11.6. The number of aromatic nitrogens is 1. The summed E-state index contributed by atoms with van der Waals surface area (Å²) in [5.74, 6) is 1.01. The summed E-state index contributed by atoms with van der Waals surface area (Å²) in [5.41, 5.74) is 8.24. The van der Waals surface area contributed by atoms with Crippen molar-refractivity contribution in [1.29, 1.82) is 0 Å². The van der Waals surface area contributed by atoms with Gasteiger partial charge in [0.25, 0.3) is 0 Å². The Morgan fingerprint density at radius 3 is 2.67 bits per heavy atom. The molecule has 1 aliphatic heterocycles. The maximum atomic E-state index is 12.3. The summed E-state index contributed by atoms with van der Waals surface area (Å²) in [6.45, 7) is 5.81. The molecule has 6 heteroatoms. The number of amides is 1. The van der Waals surface area contributed by atoms with Crippen LogP contribution in [0, 0.1) is 6.92 Å². The largest absolute Gasteiger partial charge is 0.399 e. The zero-order valence-corrected chi connectivity index (χ0v) is 13.9.